The number of carbonyl (C=O) groups is 2. The van der Waals surface area contributed by atoms with Crippen molar-refractivity contribution in [2.75, 3.05) is 74.5 Å². The molecule has 0 saturated carbocycles. The van der Waals surface area contributed by atoms with Crippen molar-refractivity contribution >= 4 is 59.5 Å². The molecule has 6 aliphatic heterocycles. The summed E-state index contributed by atoms with van der Waals surface area (Å²) < 4.78 is 41.8. The minimum absolute atomic E-state index is 0. The van der Waals surface area contributed by atoms with Crippen LogP contribution in [0.2, 0.25) is 0 Å². The van der Waals surface area contributed by atoms with Gasteiger partial charge in [-0.25, -0.2) is 9.59 Å². The summed E-state index contributed by atoms with van der Waals surface area (Å²) >= 11 is 0. The fraction of sp³-hybridized carbons (Fsp3) is 0.353. The normalized spacial score (nSPS) is 17.7. The zero-order valence-corrected chi connectivity index (χ0v) is 78.2. The van der Waals surface area contributed by atoms with Crippen LogP contribution in [0.5, 0.6) is 57.5 Å². The van der Waals surface area contributed by atoms with E-state index in [-0.39, 0.29) is 116 Å². The Labute approximate surface area is 780 Å². The van der Waals surface area contributed by atoms with Crippen LogP contribution in [-0.2, 0) is 15.1 Å². The van der Waals surface area contributed by atoms with E-state index in [1.165, 1.54) is 16.7 Å². The van der Waals surface area contributed by atoms with Crippen LogP contribution >= 0.6 is 24.0 Å². The monoisotopic (exact) mass is 1780 g/mol. The number of carbonyl (C=O) groups excluding carboxylic acids is 2. The molecule has 17 nitrogen and oxygen atoms in total. The van der Waals surface area contributed by atoms with Crippen LogP contribution < -0.4 is 85.7 Å². The molecule has 6 heterocycles. The Bertz CT molecular complexity index is 5280. The average molecular weight is 1780 g/mol. The molecule has 1 saturated heterocycles. The van der Waals surface area contributed by atoms with Gasteiger partial charge >= 0.3 is 63.6 Å². The third kappa shape index (κ3) is 23.4. The van der Waals surface area contributed by atoms with Gasteiger partial charge < -0.3 is 75.2 Å². The second-order valence-corrected chi connectivity index (χ2v) is 33.6. The minimum Gasteiger partial charge on any atom is -1.00 e. The first-order chi connectivity index (χ1) is 56.5. The van der Waals surface area contributed by atoms with E-state index in [9.17, 15) is 24.9 Å². The molecular formula is C102H125IKN5O12. The largest absolute Gasteiger partial charge is 1.00 e. The van der Waals surface area contributed by atoms with Crippen molar-refractivity contribution in [1.29, 1.82) is 0 Å². The Morgan fingerprint density at radius 2 is 0.843 bits per heavy atom. The topological polar surface area (TPSA) is 193 Å². The van der Waals surface area contributed by atoms with Gasteiger partial charge in [0.25, 0.3) is 0 Å². The summed E-state index contributed by atoms with van der Waals surface area (Å²) in [5, 5.41) is 40.0. The maximum atomic E-state index is 12.3. The number of aliphatic hydroxyl groups is 3. The number of likely N-dealkylation sites (N-methyl/N-ethyl adjacent to an activating group) is 1. The summed E-state index contributed by atoms with van der Waals surface area (Å²) in [7, 11) is 9.53. The van der Waals surface area contributed by atoms with Crippen molar-refractivity contribution in [3.63, 3.8) is 0 Å². The number of ether oxygens (including phenoxy) is 7. The van der Waals surface area contributed by atoms with Crippen molar-refractivity contribution in [1.82, 2.24) is 25.3 Å². The maximum Gasteiger partial charge on any atom is 1.00 e. The molecule has 6 aliphatic rings. The molecule has 2 amide bonds. The predicted molar refractivity (Wildman–Crippen MR) is 498 cm³/mol. The second kappa shape index (κ2) is 43.1. The molecule has 121 heavy (non-hydrogen) atoms. The number of likely N-dealkylation sites (tertiary alicyclic amines) is 1. The van der Waals surface area contributed by atoms with Crippen LogP contribution in [0.1, 0.15) is 197 Å². The van der Waals surface area contributed by atoms with Gasteiger partial charge in [0.2, 0.25) is 0 Å². The second-order valence-electron chi connectivity index (χ2n) is 33.6. The first-order valence-corrected chi connectivity index (χ1v) is 41.2. The van der Waals surface area contributed by atoms with Gasteiger partial charge in [0.05, 0.1) is 12.2 Å². The molecule has 0 aromatic heterocycles. The number of nitrogens with one attached hydrogen (secondary N) is 2. The molecule has 0 bridgehead atoms. The summed E-state index contributed by atoms with van der Waals surface area (Å²) in [5.74, 6) is 8.34. The molecule has 638 valence electrons. The third-order valence-corrected chi connectivity index (χ3v) is 22.4. The number of hydrogen-bond acceptors (Lipinski definition) is 15. The zero-order chi connectivity index (χ0) is 84.2. The van der Waals surface area contributed by atoms with Gasteiger partial charge in [0, 0.05) is 115 Å². The standard InChI is InChI=1S/C23H29NO4.C23H27NO3.C19H21NO2.C18H21NO2.C18H19NO.CH4.HI.K.H2.H/c1-15-9-8-11-18-20(25)17(13-14-24(5)22(26)28-23(2,3)4)16-10-6-7-12-19(16)27-21(15)18;1-16-9-8-10-18-15-17(13-14-24(5)22(25)27-23(2,3)4)19-11-6-7-12-20(19)26-21(16)18;1-13-6-5-7-14-16-12-20(2)11-10-19(16,21)15-8-3-4-9-17(15)22-18(13)14;1-12-6-5-8-15-17(20)14(10-11-19-2)13-7-3-4-9-16(13)21-18(12)15;1-13-6-5-7-15-12-14(10-11-19-2)16-8-3-4-9-17(16)20-18(13)15;;;;;/h6-12,17,20,25H,13-14H2,1-5H3;6-12,15H,13-14H2,1-5H3;3-9,16,21H,10-12H2,1-2H3;3-9,14,17,19-20H,10-11H2,1-2H3;3-9,12,19H,10-11H2,1-2H3;1H4;1H;;1H;/q;;;;;;;+1;;-1. The number of aliphatic hydroxyl groups excluding tert-OH is 2. The molecule has 5 N–H and O–H groups in total. The maximum absolute atomic E-state index is 12.3. The van der Waals surface area contributed by atoms with E-state index in [0.717, 1.165) is 175 Å². The van der Waals surface area contributed by atoms with Gasteiger partial charge in [-0.1, -0.05) is 189 Å². The molecule has 1 fully saturated rings. The van der Waals surface area contributed by atoms with Crippen molar-refractivity contribution in [3.8, 4) is 57.5 Å². The number of halogens is 1. The fourth-order valence-electron chi connectivity index (χ4n) is 16.1. The Kier molecular flexibility index (Phi) is 34.3. The Morgan fingerprint density at radius 3 is 1.31 bits per heavy atom. The molecular weight excluding hydrogens is 1650 g/mol. The van der Waals surface area contributed by atoms with E-state index in [4.69, 9.17) is 33.2 Å². The van der Waals surface area contributed by atoms with E-state index in [1.54, 1.807) is 23.9 Å². The predicted octanol–water partition coefficient (Wildman–Crippen LogP) is 20.9. The number of aryl methyl sites for hydroxylation is 5. The number of amides is 2. The Balaban J connectivity index is 0.000000210. The van der Waals surface area contributed by atoms with Crippen molar-refractivity contribution in [3.05, 3.63) is 296 Å². The van der Waals surface area contributed by atoms with Gasteiger partial charge in [-0.05, 0) is 224 Å². The number of rotatable bonds is 12. The molecule has 6 atom stereocenters. The van der Waals surface area contributed by atoms with Gasteiger partial charge in [-0.2, -0.15) is 0 Å². The third-order valence-electron chi connectivity index (χ3n) is 22.4. The van der Waals surface area contributed by atoms with E-state index >= 15 is 0 Å². The van der Waals surface area contributed by atoms with E-state index in [1.807, 2.05) is 209 Å². The fourth-order valence-corrected chi connectivity index (χ4v) is 16.1. The number of benzene rings is 10. The minimum atomic E-state index is -0.859. The van der Waals surface area contributed by atoms with E-state index < -0.39 is 29.0 Å². The van der Waals surface area contributed by atoms with E-state index in [0.29, 0.717) is 31.7 Å². The molecule has 6 unspecified atom stereocenters. The number of hydrogen-bond donors (Lipinski definition) is 5. The SMILES string of the molecule is C.CNCCC1=Cc2cccc(C)c2Oc2ccccc21.CNCCC1c2ccccc2Oc2c(C)cccc2C1O.Cc1cccc2c1Oc1ccccc1C(CCN(C)C(=O)OC(C)(C)C)=C2.Cc1cccc2c1Oc1ccccc1C(CCN(C)C(=O)OC(C)(C)C)C2O.Cc1cccc2c1Oc1ccccc1C1(O)CCN(C)CC21.I.[H-].[HH].[K+]. The molecule has 0 radical (unpaired) electrons. The van der Waals surface area contributed by atoms with Gasteiger partial charge in [-0.15, -0.1) is 24.0 Å². The zero-order valence-electron chi connectivity index (χ0n) is 73.8. The van der Waals surface area contributed by atoms with Crippen molar-refractivity contribution in [2.24, 2.45) is 0 Å². The molecule has 19 heteroatoms. The summed E-state index contributed by atoms with van der Waals surface area (Å²) in [5.41, 5.74) is 16.2. The molecule has 16 rings (SSSR count). The average Bonchev–Trinajstić information content (AvgIpc) is 1.60. The Morgan fingerprint density at radius 1 is 0.479 bits per heavy atom. The molecule has 0 spiro atoms. The van der Waals surface area contributed by atoms with Gasteiger partial charge in [-0.3, -0.25) is 0 Å². The quantitative estimate of drug-likeness (QED) is 0.0572. The molecule has 0 aliphatic carbocycles. The van der Waals surface area contributed by atoms with Crippen LogP contribution in [0.15, 0.2) is 212 Å². The summed E-state index contributed by atoms with van der Waals surface area (Å²) in [6.07, 6.45) is 6.37. The Hall–Kier alpha value is -8.65. The van der Waals surface area contributed by atoms with Crippen LogP contribution in [0.3, 0.4) is 0 Å². The summed E-state index contributed by atoms with van der Waals surface area (Å²) in [6, 6.07) is 70.5. The molecule has 10 aromatic rings. The summed E-state index contributed by atoms with van der Waals surface area (Å²) in [6.45, 7) is 25.9. The number of para-hydroxylation sites is 10. The van der Waals surface area contributed by atoms with Crippen LogP contribution in [0.25, 0.3) is 23.3 Å². The first kappa shape index (κ1) is 96.2. The number of piperidine rings is 1. The van der Waals surface area contributed by atoms with Crippen molar-refractivity contribution in [2.45, 2.75) is 162 Å². The van der Waals surface area contributed by atoms with Crippen LogP contribution in [-0.4, -0.2) is 128 Å². The van der Waals surface area contributed by atoms with Gasteiger partial charge in [0.1, 0.15) is 74.3 Å². The first-order valence-electron chi connectivity index (χ1n) is 41.2. The summed E-state index contributed by atoms with van der Waals surface area (Å²) in [4.78, 5) is 30.0. The number of nitrogens with zero attached hydrogens (tertiary/aromatic N) is 3. The molecule has 10 aromatic carbocycles. The number of fused-ring (bicyclic) bond motifs is 13. The van der Waals surface area contributed by atoms with E-state index in [2.05, 4.69) is 128 Å². The van der Waals surface area contributed by atoms with Gasteiger partial charge in [0.15, 0.2) is 0 Å². The van der Waals surface area contributed by atoms with Crippen LogP contribution in [0, 0.1) is 34.6 Å². The van der Waals surface area contributed by atoms with Crippen LogP contribution in [0.4, 0.5) is 9.59 Å². The smallest absolute Gasteiger partial charge is 1.00 e. The van der Waals surface area contributed by atoms with Crippen molar-refractivity contribution < 1.29 is 112 Å².